The normalized spacial score (nSPS) is 12.1. The van der Waals surface area contributed by atoms with Crippen molar-refractivity contribution in [2.75, 3.05) is 6.54 Å². The van der Waals surface area contributed by atoms with Crippen LogP contribution in [-0.2, 0) is 6.42 Å². The SMILES string of the molecule is C=CCNC(Cc1ccccc1)c1ccc(F)cc1. The molecule has 0 saturated heterocycles. The first kappa shape index (κ1) is 13.5. The van der Waals surface area contributed by atoms with E-state index in [9.17, 15) is 4.39 Å². The number of halogens is 1. The molecule has 0 radical (unpaired) electrons. The first-order chi connectivity index (χ1) is 9.29. The third-order valence-electron chi connectivity index (χ3n) is 3.06. The van der Waals surface area contributed by atoms with Crippen molar-refractivity contribution in [2.24, 2.45) is 0 Å². The lowest BCUT2D eigenvalue weighted by Gasteiger charge is -2.18. The molecule has 0 amide bonds. The minimum absolute atomic E-state index is 0.168. The fraction of sp³-hybridized carbons (Fsp3) is 0.176. The maximum Gasteiger partial charge on any atom is 0.123 e. The molecule has 2 rings (SSSR count). The molecule has 1 N–H and O–H groups in total. The maximum absolute atomic E-state index is 13.0. The van der Waals surface area contributed by atoms with E-state index >= 15 is 0 Å². The molecule has 0 spiro atoms. The number of benzene rings is 2. The van der Waals surface area contributed by atoms with Crippen molar-refractivity contribution in [3.8, 4) is 0 Å². The predicted molar refractivity (Wildman–Crippen MR) is 77.5 cm³/mol. The zero-order chi connectivity index (χ0) is 13.5. The van der Waals surface area contributed by atoms with Crippen molar-refractivity contribution in [1.82, 2.24) is 5.32 Å². The van der Waals surface area contributed by atoms with Gasteiger partial charge >= 0.3 is 0 Å². The third-order valence-corrected chi connectivity index (χ3v) is 3.06. The van der Waals surface area contributed by atoms with Crippen LogP contribution in [0.1, 0.15) is 17.2 Å². The van der Waals surface area contributed by atoms with E-state index in [1.807, 2.05) is 36.4 Å². The van der Waals surface area contributed by atoms with Crippen LogP contribution in [0.4, 0.5) is 4.39 Å². The van der Waals surface area contributed by atoms with Gasteiger partial charge in [0.05, 0.1) is 0 Å². The summed E-state index contributed by atoms with van der Waals surface area (Å²) in [5, 5.41) is 3.41. The minimum atomic E-state index is -0.203. The molecule has 1 atom stereocenters. The van der Waals surface area contributed by atoms with Gasteiger partial charge in [0.25, 0.3) is 0 Å². The molecule has 0 aliphatic carbocycles. The van der Waals surface area contributed by atoms with E-state index in [4.69, 9.17) is 0 Å². The highest BCUT2D eigenvalue weighted by Gasteiger charge is 2.11. The topological polar surface area (TPSA) is 12.0 Å². The van der Waals surface area contributed by atoms with Gasteiger partial charge in [-0.15, -0.1) is 6.58 Å². The third kappa shape index (κ3) is 4.04. The summed E-state index contributed by atoms with van der Waals surface area (Å²) in [6, 6.07) is 17.1. The minimum Gasteiger partial charge on any atom is -0.306 e. The Bertz CT molecular complexity index is 505. The van der Waals surface area contributed by atoms with Crippen LogP contribution in [0.3, 0.4) is 0 Å². The number of hydrogen-bond acceptors (Lipinski definition) is 1. The van der Waals surface area contributed by atoms with Gasteiger partial charge in [-0.2, -0.15) is 0 Å². The fourth-order valence-electron chi connectivity index (χ4n) is 2.08. The quantitative estimate of drug-likeness (QED) is 0.772. The van der Waals surface area contributed by atoms with Gasteiger partial charge < -0.3 is 5.32 Å². The fourth-order valence-corrected chi connectivity index (χ4v) is 2.08. The second-order valence-corrected chi connectivity index (χ2v) is 4.49. The molecule has 0 fully saturated rings. The monoisotopic (exact) mass is 255 g/mol. The van der Waals surface area contributed by atoms with Gasteiger partial charge in [0.15, 0.2) is 0 Å². The molecule has 0 saturated carbocycles. The summed E-state index contributed by atoms with van der Waals surface area (Å²) in [6.45, 7) is 4.46. The Hall–Kier alpha value is -1.93. The van der Waals surface area contributed by atoms with Crippen molar-refractivity contribution < 1.29 is 4.39 Å². The summed E-state index contributed by atoms with van der Waals surface area (Å²) < 4.78 is 13.0. The zero-order valence-electron chi connectivity index (χ0n) is 10.9. The average molecular weight is 255 g/mol. The predicted octanol–water partition coefficient (Wildman–Crippen LogP) is 3.89. The van der Waals surface area contributed by atoms with E-state index in [0.29, 0.717) is 0 Å². The first-order valence-electron chi connectivity index (χ1n) is 6.43. The molecule has 0 aromatic heterocycles. The van der Waals surface area contributed by atoms with Gasteiger partial charge in [-0.05, 0) is 29.7 Å². The van der Waals surface area contributed by atoms with Crippen LogP contribution in [-0.4, -0.2) is 6.54 Å². The molecule has 0 aliphatic rings. The first-order valence-corrected chi connectivity index (χ1v) is 6.43. The van der Waals surface area contributed by atoms with Gasteiger partial charge in [-0.3, -0.25) is 0 Å². The molecule has 98 valence electrons. The Labute approximate surface area is 113 Å². The highest BCUT2D eigenvalue weighted by molar-refractivity contribution is 5.24. The van der Waals surface area contributed by atoms with Gasteiger partial charge in [0.1, 0.15) is 5.82 Å². The molecule has 19 heavy (non-hydrogen) atoms. The van der Waals surface area contributed by atoms with Crippen molar-refractivity contribution in [3.05, 3.63) is 84.2 Å². The van der Waals surface area contributed by atoms with Crippen LogP contribution in [0.15, 0.2) is 67.3 Å². The summed E-state index contributed by atoms with van der Waals surface area (Å²) in [5.41, 5.74) is 2.35. The van der Waals surface area contributed by atoms with E-state index in [0.717, 1.165) is 18.5 Å². The molecule has 2 aromatic rings. The van der Waals surface area contributed by atoms with Crippen LogP contribution < -0.4 is 5.32 Å². The van der Waals surface area contributed by atoms with Gasteiger partial charge in [-0.1, -0.05) is 48.5 Å². The van der Waals surface area contributed by atoms with Crippen molar-refractivity contribution in [1.29, 1.82) is 0 Å². The Balaban J connectivity index is 2.15. The molecule has 0 bridgehead atoms. The highest BCUT2D eigenvalue weighted by Crippen LogP contribution is 2.18. The van der Waals surface area contributed by atoms with Crippen molar-refractivity contribution in [2.45, 2.75) is 12.5 Å². The van der Waals surface area contributed by atoms with Crippen LogP contribution in [0.2, 0.25) is 0 Å². The van der Waals surface area contributed by atoms with Gasteiger partial charge in [0, 0.05) is 12.6 Å². The number of rotatable bonds is 6. The second kappa shape index (κ2) is 6.86. The van der Waals surface area contributed by atoms with E-state index in [-0.39, 0.29) is 11.9 Å². The summed E-state index contributed by atoms with van der Waals surface area (Å²) in [7, 11) is 0. The van der Waals surface area contributed by atoms with E-state index < -0.39 is 0 Å². The Morgan fingerprint density at radius 2 is 1.74 bits per heavy atom. The average Bonchev–Trinajstić information content (AvgIpc) is 2.45. The summed E-state index contributed by atoms with van der Waals surface area (Å²) in [6.07, 6.45) is 2.71. The molecule has 2 heteroatoms. The molecule has 0 heterocycles. The summed E-state index contributed by atoms with van der Waals surface area (Å²) in [4.78, 5) is 0. The number of hydrogen-bond donors (Lipinski definition) is 1. The van der Waals surface area contributed by atoms with Crippen molar-refractivity contribution >= 4 is 0 Å². The molecule has 1 unspecified atom stereocenters. The Morgan fingerprint density at radius 3 is 2.37 bits per heavy atom. The largest absolute Gasteiger partial charge is 0.306 e. The zero-order valence-corrected chi connectivity index (χ0v) is 10.9. The lowest BCUT2D eigenvalue weighted by atomic mass is 9.99. The lowest BCUT2D eigenvalue weighted by molar-refractivity contribution is 0.561. The molecule has 0 aliphatic heterocycles. The molecule has 2 aromatic carbocycles. The van der Waals surface area contributed by atoms with E-state index in [1.54, 1.807) is 0 Å². The Kier molecular flexibility index (Phi) is 4.87. The van der Waals surface area contributed by atoms with Gasteiger partial charge in [0.2, 0.25) is 0 Å². The van der Waals surface area contributed by atoms with Crippen LogP contribution in [0.5, 0.6) is 0 Å². The van der Waals surface area contributed by atoms with Crippen LogP contribution >= 0.6 is 0 Å². The maximum atomic E-state index is 13.0. The summed E-state index contributed by atoms with van der Waals surface area (Å²) >= 11 is 0. The molecular formula is C17H18FN. The molecule has 1 nitrogen and oxygen atoms in total. The van der Waals surface area contributed by atoms with E-state index in [1.165, 1.54) is 17.7 Å². The van der Waals surface area contributed by atoms with Crippen molar-refractivity contribution in [3.63, 3.8) is 0 Å². The second-order valence-electron chi connectivity index (χ2n) is 4.49. The van der Waals surface area contributed by atoms with E-state index in [2.05, 4.69) is 24.0 Å². The standard InChI is InChI=1S/C17H18FN/c1-2-12-19-17(13-14-6-4-3-5-7-14)15-8-10-16(18)11-9-15/h2-11,17,19H,1,12-13H2. The Morgan fingerprint density at radius 1 is 1.05 bits per heavy atom. The number of nitrogens with one attached hydrogen (secondary N) is 1. The summed E-state index contributed by atoms with van der Waals surface area (Å²) in [5.74, 6) is -0.203. The van der Waals surface area contributed by atoms with Gasteiger partial charge in [-0.25, -0.2) is 4.39 Å². The lowest BCUT2D eigenvalue weighted by Crippen LogP contribution is -2.23. The van der Waals surface area contributed by atoms with Crippen LogP contribution in [0.25, 0.3) is 0 Å². The molecular weight excluding hydrogens is 237 g/mol. The van der Waals surface area contributed by atoms with Crippen LogP contribution in [0, 0.1) is 5.82 Å². The highest BCUT2D eigenvalue weighted by atomic mass is 19.1. The smallest absolute Gasteiger partial charge is 0.123 e.